The number of halogens is 1. The third kappa shape index (κ3) is 5.82. The number of carbonyl (C=O) groups excluding carboxylic acids is 1. The average molecular weight is 458 g/mol. The van der Waals surface area contributed by atoms with E-state index < -0.39 is 10.0 Å². The van der Waals surface area contributed by atoms with Crippen molar-refractivity contribution in [3.63, 3.8) is 0 Å². The Morgan fingerprint density at radius 2 is 1.66 bits per heavy atom. The maximum absolute atomic E-state index is 14.1. The normalized spacial score (nSPS) is 18.2. The molecule has 0 bridgehead atoms. The molecule has 1 saturated heterocycles. The van der Waals surface area contributed by atoms with Crippen molar-refractivity contribution < 1.29 is 17.6 Å². The Balaban J connectivity index is 1.31. The lowest BCUT2D eigenvalue weighted by atomic mass is 10.2. The van der Waals surface area contributed by atoms with Crippen LogP contribution in [-0.4, -0.2) is 67.2 Å². The zero-order valence-corrected chi connectivity index (χ0v) is 18.8. The van der Waals surface area contributed by atoms with Crippen LogP contribution in [0.2, 0.25) is 0 Å². The van der Waals surface area contributed by atoms with Crippen LogP contribution in [0.1, 0.15) is 24.0 Å². The number of sulfonamides is 1. The van der Waals surface area contributed by atoms with Gasteiger partial charge in [0.05, 0.1) is 6.54 Å². The lowest BCUT2D eigenvalue weighted by molar-refractivity contribution is -0.134. The number of hydrogen-bond acceptors (Lipinski definition) is 4. The number of nitrogens with zero attached hydrogens (tertiary/aromatic N) is 3. The van der Waals surface area contributed by atoms with Crippen molar-refractivity contribution in [2.75, 3.05) is 32.7 Å². The minimum Gasteiger partial charge on any atom is -0.334 e. The number of carbonyl (C=O) groups is 1. The Morgan fingerprint density at radius 1 is 1.00 bits per heavy atom. The van der Waals surface area contributed by atoms with Gasteiger partial charge in [-0.1, -0.05) is 48.5 Å². The van der Waals surface area contributed by atoms with Crippen LogP contribution in [0.15, 0.2) is 60.0 Å². The molecule has 1 saturated carbocycles. The molecule has 2 aromatic carbocycles. The molecule has 6 nitrogen and oxygen atoms in total. The van der Waals surface area contributed by atoms with Crippen LogP contribution < -0.4 is 0 Å². The molecular weight excluding hydrogens is 429 g/mol. The molecule has 0 atom stereocenters. The van der Waals surface area contributed by atoms with Crippen molar-refractivity contribution in [1.82, 2.24) is 14.1 Å². The molecular formula is C24H28FN3O3S. The molecule has 0 N–H and O–H groups in total. The fourth-order valence-corrected chi connectivity index (χ4v) is 5.03. The van der Waals surface area contributed by atoms with E-state index >= 15 is 0 Å². The molecule has 1 amide bonds. The van der Waals surface area contributed by atoms with E-state index in [4.69, 9.17) is 0 Å². The van der Waals surface area contributed by atoms with Gasteiger partial charge in [-0.05, 0) is 30.5 Å². The minimum absolute atomic E-state index is 0.0315. The van der Waals surface area contributed by atoms with Gasteiger partial charge in [-0.15, -0.1) is 0 Å². The van der Waals surface area contributed by atoms with Gasteiger partial charge in [0.25, 0.3) is 0 Å². The predicted molar refractivity (Wildman–Crippen MR) is 122 cm³/mol. The summed E-state index contributed by atoms with van der Waals surface area (Å²) >= 11 is 0. The average Bonchev–Trinajstić information content (AvgIpc) is 3.63. The molecule has 1 aliphatic heterocycles. The lowest BCUT2D eigenvalue weighted by Gasteiger charge is -2.34. The number of hydrogen-bond donors (Lipinski definition) is 0. The van der Waals surface area contributed by atoms with Gasteiger partial charge >= 0.3 is 0 Å². The van der Waals surface area contributed by atoms with Gasteiger partial charge < -0.3 is 4.90 Å². The third-order valence-corrected chi connectivity index (χ3v) is 7.45. The molecule has 32 heavy (non-hydrogen) atoms. The number of benzene rings is 2. The summed E-state index contributed by atoms with van der Waals surface area (Å²) in [6.45, 7) is 2.15. The summed E-state index contributed by atoms with van der Waals surface area (Å²) in [7, 11) is -3.51. The second kappa shape index (κ2) is 9.94. The Bertz CT molecular complexity index is 1060. The summed E-state index contributed by atoms with van der Waals surface area (Å²) in [6.07, 6.45) is 3.49. The quantitative estimate of drug-likeness (QED) is 0.612. The topological polar surface area (TPSA) is 60.9 Å². The largest absolute Gasteiger partial charge is 0.334 e. The molecule has 170 valence electrons. The van der Waals surface area contributed by atoms with E-state index in [9.17, 15) is 17.6 Å². The van der Waals surface area contributed by atoms with E-state index in [2.05, 4.69) is 0 Å². The van der Waals surface area contributed by atoms with Crippen molar-refractivity contribution in [3.8, 4) is 0 Å². The van der Waals surface area contributed by atoms with Gasteiger partial charge in [-0.25, -0.2) is 12.8 Å². The first-order chi connectivity index (χ1) is 15.4. The number of rotatable bonds is 8. The van der Waals surface area contributed by atoms with Gasteiger partial charge in [0.1, 0.15) is 5.82 Å². The molecule has 0 unspecified atom stereocenters. The summed E-state index contributed by atoms with van der Waals surface area (Å²) in [5.41, 5.74) is 1.35. The van der Waals surface area contributed by atoms with Crippen LogP contribution in [0.4, 0.5) is 4.39 Å². The summed E-state index contributed by atoms with van der Waals surface area (Å²) in [4.78, 5) is 16.7. The van der Waals surface area contributed by atoms with Gasteiger partial charge in [0, 0.05) is 49.7 Å². The Morgan fingerprint density at radius 3 is 2.31 bits per heavy atom. The highest BCUT2D eigenvalue weighted by Gasteiger charge is 2.34. The summed E-state index contributed by atoms with van der Waals surface area (Å²) in [5.74, 6) is -0.329. The summed E-state index contributed by atoms with van der Waals surface area (Å²) in [6, 6.07) is 16.0. The number of piperazine rings is 1. The van der Waals surface area contributed by atoms with E-state index in [0.29, 0.717) is 31.7 Å². The van der Waals surface area contributed by atoms with Crippen LogP contribution in [0.3, 0.4) is 0 Å². The minimum atomic E-state index is -3.51. The molecule has 2 aliphatic rings. The molecule has 2 aromatic rings. The van der Waals surface area contributed by atoms with E-state index in [1.807, 2.05) is 35.2 Å². The van der Waals surface area contributed by atoms with Crippen molar-refractivity contribution in [2.45, 2.75) is 25.4 Å². The first kappa shape index (κ1) is 22.6. The highest BCUT2D eigenvalue weighted by atomic mass is 32.2. The van der Waals surface area contributed by atoms with Gasteiger partial charge in [0.15, 0.2) is 0 Å². The fourth-order valence-electron chi connectivity index (χ4n) is 3.86. The second-order valence-electron chi connectivity index (χ2n) is 8.28. The molecule has 8 heteroatoms. The van der Waals surface area contributed by atoms with E-state index in [-0.39, 0.29) is 30.9 Å². The standard InChI is InChI=1S/C24H28FN3O3S/c25-23-9-5-4-8-21(23)18-28(22-10-11-22)24(29)19-26-13-15-27(16-14-26)32(30,31)17-12-20-6-2-1-3-7-20/h1-9,12,17,22H,10-11,13-16,18-19H2/b17-12+. The first-order valence-electron chi connectivity index (χ1n) is 10.9. The first-order valence-corrected chi connectivity index (χ1v) is 12.4. The summed E-state index contributed by atoms with van der Waals surface area (Å²) in [5, 5.41) is 1.24. The molecule has 0 spiro atoms. The van der Waals surface area contributed by atoms with Gasteiger partial charge in [0.2, 0.25) is 15.9 Å². The van der Waals surface area contributed by atoms with Crippen molar-refractivity contribution in [1.29, 1.82) is 0 Å². The smallest absolute Gasteiger partial charge is 0.237 e. The monoisotopic (exact) mass is 457 g/mol. The Hall–Kier alpha value is -2.55. The van der Waals surface area contributed by atoms with Gasteiger partial charge in [-0.3, -0.25) is 9.69 Å². The van der Waals surface area contributed by atoms with Crippen molar-refractivity contribution in [2.24, 2.45) is 0 Å². The lowest BCUT2D eigenvalue weighted by Crippen LogP contribution is -2.51. The Labute approximate surface area is 189 Å². The maximum Gasteiger partial charge on any atom is 0.237 e. The zero-order chi connectivity index (χ0) is 22.6. The Kier molecular flexibility index (Phi) is 7.03. The molecule has 4 rings (SSSR count). The van der Waals surface area contributed by atoms with Crippen molar-refractivity contribution >= 4 is 22.0 Å². The molecule has 2 fully saturated rings. The third-order valence-electron chi connectivity index (χ3n) is 5.89. The zero-order valence-electron chi connectivity index (χ0n) is 17.9. The fraction of sp³-hybridized carbons (Fsp3) is 0.375. The van der Waals surface area contributed by atoms with E-state index in [1.165, 1.54) is 15.8 Å². The highest BCUT2D eigenvalue weighted by molar-refractivity contribution is 7.92. The molecule has 0 aromatic heterocycles. The van der Waals surface area contributed by atoms with Crippen LogP contribution >= 0.6 is 0 Å². The van der Waals surface area contributed by atoms with E-state index in [0.717, 1.165) is 18.4 Å². The molecule has 1 heterocycles. The van der Waals surface area contributed by atoms with Crippen LogP contribution in [-0.2, 0) is 21.4 Å². The molecule has 0 radical (unpaired) electrons. The highest BCUT2D eigenvalue weighted by Crippen LogP contribution is 2.29. The van der Waals surface area contributed by atoms with Crippen LogP contribution in [0, 0.1) is 5.82 Å². The van der Waals surface area contributed by atoms with Gasteiger partial charge in [-0.2, -0.15) is 4.31 Å². The van der Waals surface area contributed by atoms with Crippen LogP contribution in [0.5, 0.6) is 0 Å². The van der Waals surface area contributed by atoms with E-state index in [1.54, 1.807) is 29.2 Å². The SMILES string of the molecule is O=C(CN1CCN(S(=O)(=O)/C=C/c2ccccc2)CC1)N(Cc1ccccc1F)C1CC1. The van der Waals surface area contributed by atoms with Crippen molar-refractivity contribution in [3.05, 3.63) is 76.9 Å². The summed E-state index contributed by atoms with van der Waals surface area (Å²) < 4.78 is 40.8. The second-order valence-corrected chi connectivity index (χ2v) is 10.1. The molecule has 1 aliphatic carbocycles. The van der Waals surface area contributed by atoms with Crippen LogP contribution in [0.25, 0.3) is 6.08 Å². The predicted octanol–water partition coefficient (Wildman–Crippen LogP) is 2.94. The number of amides is 1. The maximum atomic E-state index is 14.1.